The Balaban J connectivity index is 1.60. The van der Waals surface area contributed by atoms with Crippen LogP contribution in [0.15, 0.2) is 54.6 Å². The summed E-state index contributed by atoms with van der Waals surface area (Å²) in [7, 11) is 0. The normalized spacial score (nSPS) is 10.5. The first-order valence-corrected chi connectivity index (χ1v) is 9.65. The van der Waals surface area contributed by atoms with Crippen LogP contribution in [0.5, 0.6) is 5.75 Å². The standard InChI is InChI=1S/C21H21N3O3S/c1-14-20(28-19(23-14)13-15-5-3-2-4-6-15)21(26)24-16-7-9-17(10-8-16)27-12-11-18(22)25/h2-10H,11-13H2,1H3,(H2,22,25)(H,24,26). The minimum atomic E-state index is -0.407. The van der Waals surface area contributed by atoms with Gasteiger partial charge in [0.05, 0.1) is 23.7 Å². The molecule has 2 aromatic carbocycles. The van der Waals surface area contributed by atoms with E-state index < -0.39 is 5.91 Å². The van der Waals surface area contributed by atoms with Crippen LogP contribution in [-0.2, 0) is 11.2 Å². The Labute approximate surface area is 167 Å². The predicted octanol–water partition coefficient (Wildman–Crippen LogP) is 3.55. The van der Waals surface area contributed by atoms with E-state index in [1.807, 2.05) is 37.3 Å². The molecule has 1 aromatic heterocycles. The van der Waals surface area contributed by atoms with Crippen molar-refractivity contribution in [3.8, 4) is 5.75 Å². The summed E-state index contributed by atoms with van der Waals surface area (Å²) in [5.41, 5.74) is 7.62. The summed E-state index contributed by atoms with van der Waals surface area (Å²) in [6, 6.07) is 17.0. The van der Waals surface area contributed by atoms with Gasteiger partial charge in [0, 0.05) is 12.1 Å². The fourth-order valence-electron chi connectivity index (χ4n) is 2.60. The third-order valence-corrected chi connectivity index (χ3v) is 5.13. The Morgan fingerprint density at radius 3 is 2.50 bits per heavy atom. The number of rotatable bonds is 8. The van der Waals surface area contributed by atoms with Gasteiger partial charge < -0.3 is 15.8 Å². The molecule has 0 unspecified atom stereocenters. The highest BCUT2D eigenvalue weighted by atomic mass is 32.1. The van der Waals surface area contributed by atoms with Gasteiger partial charge in [-0.2, -0.15) is 0 Å². The number of carbonyl (C=O) groups excluding carboxylic acids is 2. The topological polar surface area (TPSA) is 94.3 Å². The Kier molecular flexibility index (Phi) is 6.39. The SMILES string of the molecule is Cc1nc(Cc2ccccc2)sc1C(=O)Nc1ccc(OCCC(N)=O)cc1. The smallest absolute Gasteiger partial charge is 0.267 e. The highest BCUT2D eigenvalue weighted by molar-refractivity contribution is 7.14. The molecule has 0 bridgehead atoms. The molecule has 3 aromatic rings. The monoisotopic (exact) mass is 395 g/mol. The summed E-state index contributed by atoms with van der Waals surface area (Å²) < 4.78 is 5.42. The fraction of sp³-hybridized carbons (Fsp3) is 0.190. The molecule has 0 radical (unpaired) electrons. The van der Waals surface area contributed by atoms with Crippen molar-refractivity contribution in [2.24, 2.45) is 5.73 Å². The second-order valence-corrected chi connectivity index (χ2v) is 7.31. The maximum Gasteiger partial charge on any atom is 0.267 e. The third kappa shape index (κ3) is 5.40. The Morgan fingerprint density at radius 2 is 1.82 bits per heavy atom. The molecule has 28 heavy (non-hydrogen) atoms. The van der Waals surface area contributed by atoms with Crippen LogP contribution in [0, 0.1) is 6.92 Å². The number of primary amides is 1. The van der Waals surface area contributed by atoms with Crippen LogP contribution >= 0.6 is 11.3 Å². The number of hydrogen-bond donors (Lipinski definition) is 2. The van der Waals surface area contributed by atoms with Gasteiger partial charge in [-0.1, -0.05) is 30.3 Å². The first-order chi connectivity index (χ1) is 13.5. The second-order valence-electron chi connectivity index (χ2n) is 6.23. The van der Waals surface area contributed by atoms with E-state index >= 15 is 0 Å². The molecule has 0 saturated carbocycles. The summed E-state index contributed by atoms with van der Waals surface area (Å²) in [4.78, 5) is 28.5. The zero-order chi connectivity index (χ0) is 19.9. The first kappa shape index (κ1) is 19.6. The van der Waals surface area contributed by atoms with Crippen LogP contribution in [0.2, 0.25) is 0 Å². The molecule has 2 amide bonds. The van der Waals surface area contributed by atoms with Crippen molar-refractivity contribution < 1.29 is 14.3 Å². The molecule has 0 aliphatic rings. The van der Waals surface area contributed by atoms with E-state index in [1.54, 1.807) is 24.3 Å². The van der Waals surface area contributed by atoms with E-state index in [-0.39, 0.29) is 18.9 Å². The average Bonchev–Trinajstić information content (AvgIpc) is 3.04. The Morgan fingerprint density at radius 1 is 1.11 bits per heavy atom. The number of ether oxygens (including phenoxy) is 1. The molecule has 7 heteroatoms. The van der Waals surface area contributed by atoms with E-state index in [0.717, 1.165) is 16.3 Å². The van der Waals surface area contributed by atoms with Crippen LogP contribution < -0.4 is 15.8 Å². The van der Waals surface area contributed by atoms with Crippen molar-refractivity contribution in [2.45, 2.75) is 19.8 Å². The van der Waals surface area contributed by atoms with Gasteiger partial charge in [0.25, 0.3) is 5.91 Å². The lowest BCUT2D eigenvalue weighted by molar-refractivity contribution is -0.118. The van der Waals surface area contributed by atoms with Gasteiger partial charge in [-0.25, -0.2) is 4.98 Å². The number of aryl methyl sites for hydroxylation is 1. The third-order valence-electron chi connectivity index (χ3n) is 3.97. The summed E-state index contributed by atoms with van der Waals surface area (Å²) in [5, 5.41) is 3.79. The lowest BCUT2D eigenvalue weighted by Gasteiger charge is -2.07. The van der Waals surface area contributed by atoms with Crippen molar-refractivity contribution in [1.29, 1.82) is 0 Å². The van der Waals surface area contributed by atoms with Gasteiger partial charge in [-0.05, 0) is 36.8 Å². The zero-order valence-corrected chi connectivity index (χ0v) is 16.3. The number of amides is 2. The molecule has 0 spiro atoms. The maximum absolute atomic E-state index is 12.6. The van der Waals surface area contributed by atoms with Gasteiger partial charge in [-0.15, -0.1) is 11.3 Å². The van der Waals surface area contributed by atoms with Crippen LogP contribution in [0.25, 0.3) is 0 Å². The minimum absolute atomic E-state index is 0.161. The number of nitrogens with one attached hydrogen (secondary N) is 1. The van der Waals surface area contributed by atoms with Gasteiger partial charge in [0.15, 0.2) is 0 Å². The molecule has 0 atom stereocenters. The average molecular weight is 395 g/mol. The quantitative estimate of drug-likeness (QED) is 0.610. The molecule has 0 aliphatic carbocycles. The van der Waals surface area contributed by atoms with Crippen molar-refractivity contribution in [3.05, 3.63) is 75.7 Å². The number of aromatic nitrogens is 1. The minimum Gasteiger partial charge on any atom is -0.493 e. The highest BCUT2D eigenvalue weighted by Gasteiger charge is 2.16. The predicted molar refractivity (Wildman–Crippen MR) is 110 cm³/mol. The van der Waals surface area contributed by atoms with Crippen LogP contribution in [0.3, 0.4) is 0 Å². The number of benzene rings is 2. The number of thiazole rings is 1. The van der Waals surface area contributed by atoms with Gasteiger partial charge in [0.1, 0.15) is 10.6 Å². The summed E-state index contributed by atoms with van der Waals surface area (Å²) >= 11 is 1.41. The van der Waals surface area contributed by atoms with E-state index in [0.29, 0.717) is 22.7 Å². The first-order valence-electron chi connectivity index (χ1n) is 8.84. The second kappa shape index (κ2) is 9.14. The Hall–Kier alpha value is -3.19. The van der Waals surface area contributed by atoms with Crippen molar-refractivity contribution in [1.82, 2.24) is 4.98 Å². The largest absolute Gasteiger partial charge is 0.493 e. The van der Waals surface area contributed by atoms with Crippen LogP contribution in [-0.4, -0.2) is 23.4 Å². The van der Waals surface area contributed by atoms with Gasteiger partial charge in [0.2, 0.25) is 5.91 Å². The number of nitrogens with two attached hydrogens (primary N) is 1. The molecular formula is C21H21N3O3S. The number of hydrogen-bond acceptors (Lipinski definition) is 5. The fourth-order valence-corrected chi connectivity index (χ4v) is 3.59. The van der Waals surface area contributed by atoms with Crippen molar-refractivity contribution >= 4 is 28.8 Å². The van der Waals surface area contributed by atoms with E-state index in [2.05, 4.69) is 10.3 Å². The molecule has 0 aliphatic heterocycles. The Bertz CT molecular complexity index is 953. The molecule has 144 valence electrons. The van der Waals surface area contributed by atoms with E-state index in [1.165, 1.54) is 11.3 Å². The number of carbonyl (C=O) groups is 2. The molecule has 3 N–H and O–H groups in total. The molecule has 3 rings (SSSR count). The van der Waals surface area contributed by atoms with Crippen molar-refractivity contribution in [2.75, 3.05) is 11.9 Å². The lowest BCUT2D eigenvalue weighted by atomic mass is 10.2. The zero-order valence-electron chi connectivity index (χ0n) is 15.5. The summed E-state index contributed by atoms with van der Waals surface area (Å²) in [6.45, 7) is 2.07. The van der Waals surface area contributed by atoms with E-state index in [9.17, 15) is 9.59 Å². The molecular weight excluding hydrogens is 374 g/mol. The molecule has 0 fully saturated rings. The molecule has 1 heterocycles. The van der Waals surface area contributed by atoms with Gasteiger partial charge in [-0.3, -0.25) is 9.59 Å². The van der Waals surface area contributed by atoms with Gasteiger partial charge >= 0.3 is 0 Å². The highest BCUT2D eigenvalue weighted by Crippen LogP contribution is 2.23. The number of anilines is 1. The summed E-state index contributed by atoms with van der Waals surface area (Å²) in [6.07, 6.45) is 0.866. The van der Waals surface area contributed by atoms with Crippen molar-refractivity contribution in [3.63, 3.8) is 0 Å². The molecule has 0 saturated heterocycles. The maximum atomic E-state index is 12.6. The van der Waals surface area contributed by atoms with Crippen LogP contribution in [0.1, 0.15) is 32.4 Å². The van der Waals surface area contributed by atoms with Crippen LogP contribution in [0.4, 0.5) is 5.69 Å². The lowest BCUT2D eigenvalue weighted by Crippen LogP contribution is -2.14. The number of nitrogens with zero attached hydrogens (tertiary/aromatic N) is 1. The molecule has 6 nitrogen and oxygen atoms in total. The summed E-state index contributed by atoms with van der Waals surface area (Å²) in [5.74, 6) is 0.0190. The van der Waals surface area contributed by atoms with E-state index in [4.69, 9.17) is 10.5 Å².